The van der Waals surface area contributed by atoms with E-state index in [2.05, 4.69) is 24.1 Å². The van der Waals surface area contributed by atoms with Gasteiger partial charge in [-0.2, -0.15) is 0 Å². The van der Waals surface area contributed by atoms with Gasteiger partial charge in [0.2, 0.25) is 0 Å². The van der Waals surface area contributed by atoms with Crippen molar-refractivity contribution in [1.82, 2.24) is 5.32 Å². The van der Waals surface area contributed by atoms with E-state index in [1.165, 1.54) is 24.2 Å². The molecule has 1 amide bonds. The van der Waals surface area contributed by atoms with Crippen molar-refractivity contribution in [3.8, 4) is 11.8 Å². The Kier molecular flexibility index (Phi) is 5.00. The van der Waals surface area contributed by atoms with Crippen LogP contribution in [0, 0.1) is 17.8 Å². The van der Waals surface area contributed by atoms with E-state index in [1.807, 2.05) is 12.1 Å². The molecular formula is C15H19NO2S. The highest BCUT2D eigenvalue weighted by Crippen LogP contribution is 2.25. The monoisotopic (exact) mass is 277 g/mol. The first-order valence-corrected chi connectivity index (χ1v) is 7.53. The molecule has 0 spiro atoms. The number of hydrogen-bond donors (Lipinski definition) is 2. The van der Waals surface area contributed by atoms with E-state index in [9.17, 15) is 4.79 Å². The first kappa shape index (κ1) is 14.1. The second kappa shape index (κ2) is 6.74. The van der Waals surface area contributed by atoms with Crippen molar-refractivity contribution in [2.24, 2.45) is 5.92 Å². The Morgan fingerprint density at radius 2 is 2.37 bits per heavy atom. The van der Waals surface area contributed by atoms with Crippen LogP contribution >= 0.6 is 11.3 Å². The molecular weight excluding hydrogens is 258 g/mol. The Bertz CT molecular complexity index is 498. The largest absolute Gasteiger partial charge is 0.395 e. The van der Waals surface area contributed by atoms with Crippen molar-refractivity contribution in [1.29, 1.82) is 0 Å². The van der Waals surface area contributed by atoms with Gasteiger partial charge in [-0.3, -0.25) is 4.79 Å². The lowest BCUT2D eigenvalue weighted by Gasteiger charge is -2.16. The van der Waals surface area contributed by atoms with Gasteiger partial charge in [0.05, 0.1) is 16.4 Å². The number of hydrogen-bond acceptors (Lipinski definition) is 3. The zero-order chi connectivity index (χ0) is 13.7. The second-order valence-electron chi connectivity index (χ2n) is 4.93. The Balaban J connectivity index is 1.94. The van der Waals surface area contributed by atoms with Crippen molar-refractivity contribution in [3.05, 3.63) is 21.9 Å². The molecule has 3 nitrogen and oxygen atoms in total. The number of thiophene rings is 1. The lowest BCUT2D eigenvalue weighted by Crippen LogP contribution is -2.35. The molecule has 0 saturated heterocycles. The van der Waals surface area contributed by atoms with Gasteiger partial charge in [0.15, 0.2) is 0 Å². The summed E-state index contributed by atoms with van der Waals surface area (Å²) in [5.74, 6) is 6.40. The van der Waals surface area contributed by atoms with Crippen molar-refractivity contribution in [2.45, 2.75) is 38.6 Å². The van der Waals surface area contributed by atoms with Crippen LogP contribution in [0.1, 0.15) is 47.2 Å². The lowest BCUT2D eigenvalue weighted by molar-refractivity contribution is 0.0934. The number of rotatable bonds is 3. The number of carbonyl (C=O) groups excluding carboxylic acids is 1. The minimum atomic E-state index is 0.0129. The van der Waals surface area contributed by atoms with Crippen LogP contribution in [0.15, 0.2) is 12.1 Å². The molecule has 0 aliphatic heterocycles. The Morgan fingerprint density at radius 3 is 3.05 bits per heavy atom. The van der Waals surface area contributed by atoms with E-state index >= 15 is 0 Å². The zero-order valence-electron chi connectivity index (χ0n) is 11.1. The summed E-state index contributed by atoms with van der Waals surface area (Å²) in [6, 6.07) is 4.00. The number of amides is 1. The third kappa shape index (κ3) is 3.82. The molecule has 1 aromatic heterocycles. The predicted octanol–water partition coefficient (Wildman–Crippen LogP) is 2.40. The Labute approximate surface area is 118 Å². The Morgan fingerprint density at radius 1 is 1.53 bits per heavy atom. The highest BCUT2D eigenvalue weighted by atomic mass is 32.1. The molecule has 1 aliphatic carbocycles. The van der Waals surface area contributed by atoms with Crippen LogP contribution in [0.4, 0.5) is 0 Å². The molecule has 4 heteroatoms. The van der Waals surface area contributed by atoms with Gasteiger partial charge in [0, 0.05) is 12.5 Å². The van der Waals surface area contributed by atoms with E-state index in [4.69, 9.17) is 5.11 Å². The number of aliphatic hydroxyl groups is 1. The van der Waals surface area contributed by atoms with Gasteiger partial charge >= 0.3 is 0 Å². The molecule has 0 radical (unpaired) electrons. The molecule has 0 aromatic carbocycles. The van der Waals surface area contributed by atoms with Crippen molar-refractivity contribution in [3.63, 3.8) is 0 Å². The van der Waals surface area contributed by atoms with Crippen LogP contribution in [0.5, 0.6) is 0 Å². The number of carbonyl (C=O) groups is 1. The third-order valence-corrected chi connectivity index (χ3v) is 4.46. The van der Waals surface area contributed by atoms with Crippen LogP contribution in [0.25, 0.3) is 0 Å². The zero-order valence-corrected chi connectivity index (χ0v) is 11.9. The molecule has 102 valence electrons. The molecule has 1 aromatic rings. The molecule has 2 N–H and O–H groups in total. The normalized spacial score (nSPS) is 21.8. The minimum Gasteiger partial charge on any atom is -0.395 e. The maximum absolute atomic E-state index is 12.1. The summed E-state index contributed by atoms with van der Waals surface area (Å²) in [6.45, 7) is 2.27. The van der Waals surface area contributed by atoms with Crippen molar-refractivity contribution >= 4 is 17.2 Å². The molecule has 0 bridgehead atoms. The molecule has 19 heavy (non-hydrogen) atoms. The van der Waals surface area contributed by atoms with Gasteiger partial charge in [-0.1, -0.05) is 25.2 Å². The van der Waals surface area contributed by atoms with Crippen LogP contribution in [0.3, 0.4) is 0 Å². The summed E-state index contributed by atoms with van der Waals surface area (Å²) >= 11 is 1.41. The third-order valence-electron chi connectivity index (χ3n) is 3.46. The fourth-order valence-electron chi connectivity index (χ4n) is 2.33. The molecule has 2 atom stereocenters. The second-order valence-corrected chi connectivity index (χ2v) is 6.01. The summed E-state index contributed by atoms with van der Waals surface area (Å²) in [5.41, 5.74) is 0. The summed E-state index contributed by atoms with van der Waals surface area (Å²) in [4.78, 5) is 13.7. The van der Waals surface area contributed by atoms with Gasteiger partial charge in [-0.25, -0.2) is 0 Å². The fraction of sp³-hybridized carbons (Fsp3) is 0.533. The molecule has 1 heterocycles. The average molecular weight is 277 g/mol. The number of nitrogens with one attached hydrogen (secondary N) is 1. The fourth-order valence-corrected chi connectivity index (χ4v) is 3.12. The molecule has 1 saturated carbocycles. The summed E-state index contributed by atoms with van der Waals surface area (Å²) < 4.78 is 0. The smallest absolute Gasteiger partial charge is 0.261 e. The van der Waals surface area contributed by atoms with Crippen LogP contribution in [0.2, 0.25) is 0 Å². The predicted molar refractivity (Wildman–Crippen MR) is 77.2 cm³/mol. The highest BCUT2D eigenvalue weighted by molar-refractivity contribution is 7.14. The first-order chi connectivity index (χ1) is 9.20. The first-order valence-electron chi connectivity index (χ1n) is 6.71. The average Bonchev–Trinajstić information content (AvgIpc) is 3.00. The van der Waals surface area contributed by atoms with E-state index in [0.29, 0.717) is 23.3 Å². The van der Waals surface area contributed by atoms with Crippen molar-refractivity contribution < 1.29 is 9.90 Å². The maximum atomic E-state index is 12.1. The van der Waals surface area contributed by atoms with Gasteiger partial charge in [0.1, 0.15) is 0 Å². The van der Waals surface area contributed by atoms with E-state index in [1.54, 1.807) is 0 Å². The standard InChI is InChI=1S/C15H19NO2S/c1-11-5-4-7-13(11)16-15(18)14-9-8-12(19-14)6-2-3-10-17/h8-9,11,13,17H,3-5,7,10H2,1H3,(H,16,18). The molecule has 1 fully saturated rings. The maximum Gasteiger partial charge on any atom is 0.261 e. The summed E-state index contributed by atoms with van der Waals surface area (Å²) in [6.07, 6.45) is 3.96. The lowest BCUT2D eigenvalue weighted by atomic mass is 10.1. The Hall–Kier alpha value is -1.31. The van der Waals surface area contributed by atoms with E-state index in [-0.39, 0.29) is 12.5 Å². The van der Waals surface area contributed by atoms with Gasteiger partial charge in [-0.05, 0) is 30.9 Å². The summed E-state index contributed by atoms with van der Waals surface area (Å²) in [7, 11) is 0. The van der Waals surface area contributed by atoms with Gasteiger partial charge in [0.25, 0.3) is 5.91 Å². The van der Waals surface area contributed by atoms with Gasteiger partial charge in [-0.15, -0.1) is 11.3 Å². The van der Waals surface area contributed by atoms with Crippen LogP contribution in [-0.2, 0) is 0 Å². The minimum absolute atomic E-state index is 0.0129. The summed E-state index contributed by atoms with van der Waals surface area (Å²) in [5, 5.41) is 11.8. The topological polar surface area (TPSA) is 49.3 Å². The number of aliphatic hydroxyl groups excluding tert-OH is 1. The van der Waals surface area contributed by atoms with Crippen LogP contribution in [-0.4, -0.2) is 23.7 Å². The van der Waals surface area contributed by atoms with Gasteiger partial charge < -0.3 is 10.4 Å². The molecule has 1 aliphatic rings. The SMILES string of the molecule is CC1CCCC1NC(=O)c1ccc(C#CCCO)s1. The van der Waals surface area contributed by atoms with Crippen LogP contribution < -0.4 is 5.32 Å². The van der Waals surface area contributed by atoms with E-state index < -0.39 is 0 Å². The molecule has 2 unspecified atom stereocenters. The van der Waals surface area contributed by atoms with Crippen molar-refractivity contribution in [2.75, 3.05) is 6.61 Å². The quantitative estimate of drug-likeness (QED) is 0.834. The highest BCUT2D eigenvalue weighted by Gasteiger charge is 2.25. The van der Waals surface area contributed by atoms with E-state index in [0.717, 1.165) is 11.3 Å². The molecule has 2 rings (SSSR count).